The van der Waals surface area contributed by atoms with E-state index in [0.717, 1.165) is 17.7 Å². The molecule has 0 atom stereocenters. The number of nitrogens with zero attached hydrogens (tertiary/aromatic N) is 2. The minimum Gasteiger partial charge on any atom is -0.489 e. The first-order valence-electron chi connectivity index (χ1n) is 9.93. The Kier molecular flexibility index (Phi) is 6.44. The summed E-state index contributed by atoms with van der Waals surface area (Å²) in [6, 6.07) is 11.1. The van der Waals surface area contributed by atoms with Crippen LogP contribution in [0, 0.1) is 0 Å². The number of anilines is 3. The van der Waals surface area contributed by atoms with E-state index in [1.165, 1.54) is 12.1 Å². The van der Waals surface area contributed by atoms with Crippen LogP contribution >= 0.6 is 11.6 Å². The Bertz CT molecular complexity index is 1170. The van der Waals surface area contributed by atoms with Gasteiger partial charge in [-0.3, -0.25) is 4.79 Å². The molecular weight excluding hydrogens is 459 g/mol. The van der Waals surface area contributed by atoms with E-state index in [2.05, 4.69) is 10.3 Å². The number of benzene rings is 2. The first-order chi connectivity index (χ1) is 15.8. The summed E-state index contributed by atoms with van der Waals surface area (Å²) in [6.07, 6.45) is -2.78. The van der Waals surface area contributed by atoms with E-state index in [-0.39, 0.29) is 17.9 Å². The molecule has 0 fully saturated rings. The predicted octanol–water partition coefficient (Wildman–Crippen LogP) is 5.68. The van der Waals surface area contributed by atoms with Gasteiger partial charge in [0.1, 0.15) is 6.61 Å². The average Bonchev–Trinajstić information content (AvgIpc) is 2.78. The van der Waals surface area contributed by atoms with Gasteiger partial charge in [-0.05, 0) is 48.0 Å². The molecule has 0 unspecified atom stereocenters. The van der Waals surface area contributed by atoms with E-state index < -0.39 is 17.6 Å². The molecule has 1 N–H and O–H groups in total. The maximum atomic E-state index is 12.9. The van der Waals surface area contributed by atoms with E-state index >= 15 is 0 Å². The third-order valence-electron chi connectivity index (χ3n) is 5.01. The minimum atomic E-state index is -4.45. The molecule has 1 aliphatic heterocycles. The topological polar surface area (TPSA) is 63.7 Å². The SMILES string of the molecule is COCc1cnc(N2CCOc3c(C(=O)Nc4ccc(C(F)(F)F)cc4)cccc32)c(Cl)c1. The van der Waals surface area contributed by atoms with Crippen molar-refractivity contribution < 1.29 is 27.4 Å². The standard InChI is InChI=1S/C23H19ClF3N3O3/c1-32-13-14-11-18(24)21(28-12-14)30-9-10-33-20-17(3-2-4-19(20)30)22(31)29-16-7-5-15(6-8-16)23(25,26)27/h2-8,11-12H,9-10,13H2,1H3,(H,29,31). The van der Waals surface area contributed by atoms with Gasteiger partial charge < -0.3 is 19.7 Å². The highest BCUT2D eigenvalue weighted by Gasteiger charge is 2.30. The molecule has 33 heavy (non-hydrogen) atoms. The smallest absolute Gasteiger partial charge is 0.416 e. The lowest BCUT2D eigenvalue weighted by atomic mass is 10.1. The van der Waals surface area contributed by atoms with Crippen LogP contribution < -0.4 is 15.0 Å². The summed E-state index contributed by atoms with van der Waals surface area (Å²) < 4.78 is 49.2. The molecule has 3 aromatic rings. The van der Waals surface area contributed by atoms with Gasteiger partial charge >= 0.3 is 6.18 Å². The number of carbonyl (C=O) groups is 1. The van der Waals surface area contributed by atoms with E-state index in [9.17, 15) is 18.0 Å². The number of halogens is 4. The number of carbonyl (C=O) groups excluding carboxylic acids is 1. The number of para-hydroxylation sites is 1. The lowest BCUT2D eigenvalue weighted by Crippen LogP contribution is -2.31. The van der Waals surface area contributed by atoms with Crippen LogP contribution in [0.2, 0.25) is 5.02 Å². The van der Waals surface area contributed by atoms with E-state index in [4.69, 9.17) is 21.1 Å². The van der Waals surface area contributed by atoms with Gasteiger partial charge in [0.15, 0.2) is 11.6 Å². The Morgan fingerprint density at radius 1 is 1.24 bits per heavy atom. The number of hydrogen-bond acceptors (Lipinski definition) is 5. The Morgan fingerprint density at radius 2 is 2.00 bits per heavy atom. The molecule has 0 radical (unpaired) electrons. The van der Waals surface area contributed by atoms with E-state index in [1.807, 2.05) is 4.90 Å². The number of amides is 1. The van der Waals surface area contributed by atoms with Crippen molar-refractivity contribution in [3.8, 4) is 5.75 Å². The Morgan fingerprint density at radius 3 is 2.67 bits per heavy atom. The molecule has 10 heteroatoms. The molecule has 172 valence electrons. The van der Waals surface area contributed by atoms with Crippen molar-refractivity contribution in [3.05, 3.63) is 76.4 Å². The van der Waals surface area contributed by atoms with Crippen LogP contribution in [0.5, 0.6) is 5.75 Å². The van der Waals surface area contributed by atoms with Gasteiger partial charge in [0.25, 0.3) is 5.91 Å². The first kappa shape index (κ1) is 22.9. The molecule has 6 nitrogen and oxygen atoms in total. The van der Waals surface area contributed by atoms with Gasteiger partial charge in [0, 0.05) is 19.0 Å². The highest BCUT2D eigenvalue weighted by atomic mass is 35.5. The number of pyridine rings is 1. The van der Waals surface area contributed by atoms with Crippen molar-refractivity contribution in [2.24, 2.45) is 0 Å². The van der Waals surface area contributed by atoms with Gasteiger partial charge in [-0.2, -0.15) is 13.2 Å². The molecule has 2 aromatic carbocycles. The summed E-state index contributed by atoms with van der Waals surface area (Å²) >= 11 is 6.46. The average molecular weight is 478 g/mol. The lowest BCUT2D eigenvalue weighted by Gasteiger charge is -2.32. The fourth-order valence-electron chi connectivity index (χ4n) is 3.50. The molecule has 0 aliphatic carbocycles. The molecule has 0 saturated carbocycles. The van der Waals surface area contributed by atoms with Gasteiger partial charge in [-0.15, -0.1) is 0 Å². The largest absolute Gasteiger partial charge is 0.489 e. The maximum Gasteiger partial charge on any atom is 0.416 e. The van der Waals surface area contributed by atoms with E-state index in [1.54, 1.807) is 37.6 Å². The second-order valence-electron chi connectivity index (χ2n) is 7.27. The number of alkyl halides is 3. The van der Waals surface area contributed by atoms with Gasteiger partial charge in [0.2, 0.25) is 0 Å². The van der Waals surface area contributed by atoms with Crippen molar-refractivity contribution >= 4 is 34.7 Å². The third-order valence-corrected chi connectivity index (χ3v) is 5.28. The second-order valence-corrected chi connectivity index (χ2v) is 7.67. The fourth-order valence-corrected chi connectivity index (χ4v) is 3.79. The summed E-state index contributed by atoms with van der Waals surface area (Å²) in [7, 11) is 1.58. The number of fused-ring (bicyclic) bond motifs is 1. The van der Waals surface area contributed by atoms with Crippen LogP contribution in [0.3, 0.4) is 0 Å². The quantitative estimate of drug-likeness (QED) is 0.512. The molecule has 1 aromatic heterocycles. The lowest BCUT2D eigenvalue weighted by molar-refractivity contribution is -0.137. The Labute approximate surface area is 192 Å². The summed E-state index contributed by atoms with van der Waals surface area (Å²) in [5.74, 6) is 0.344. The molecule has 2 heterocycles. The maximum absolute atomic E-state index is 12.9. The zero-order valence-corrected chi connectivity index (χ0v) is 18.2. The summed E-state index contributed by atoms with van der Waals surface area (Å²) in [6.45, 7) is 1.13. The molecular formula is C23H19ClF3N3O3. The van der Waals surface area contributed by atoms with Crippen molar-refractivity contribution in [2.45, 2.75) is 12.8 Å². The van der Waals surface area contributed by atoms with Gasteiger partial charge in [0.05, 0.1) is 35.0 Å². The van der Waals surface area contributed by atoms with Gasteiger partial charge in [-0.1, -0.05) is 17.7 Å². The molecule has 0 saturated heterocycles. The number of methoxy groups -OCH3 is 1. The number of nitrogens with one attached hydrogen (secondary N) is 1. The summed E-state index contributed by atoms with van der Waals surface area (Å²) in [4.78, 5) is 19.2. The summed E-state index contributed by atoms with van der Waals surface area (Å²) in [5.41, 5.74) is 1.11. The summed E-state index contributed by atoms with van der Waals surface area (Å²) in [5, 5.41) is 3.04. The molecule has 1 aliphatic rings. The fraction of sp³-hybridized carbons (Fsp3) is 0.217. The van der Waals surface area contributed by atoms with E-state index in [0.29, 0.717) is 35.4 Å². The van der Waals surface area contributed by atoms with Crippen LogP contribution in [0.25, 0.3) is 0 Å². The number of aromatic nitrogens is 1. The van der Waals surface area contributed by atoms with Crippen LogP contribution in [-0.4, -0.2) is 31.2 Å². The van der Waals surface area contributed by atoms with Crippen molar-refractivity contribution in [1.29, 1.82) is 0 Å². The van der Waals surface area contributed by atoms with Crippen LogP contribution in [-0.2, 0) is 17.5 Å². The molecule has 0 spiro atoms. The Balaban J connectivity index is 1.61. The highest BCUT2D eigenvalue weighted by Crippen LogP contribution is 2.41. The Hall–Kier alpha value is -3.30. The molecule has 0 bridgehead atoms. The first-order valence-corrected chi connectivity index (χ1v) is 10.3. The molecule has 4 rings (SSSR count). The van der Waals surface area contributed by atoms with Crippen LogP contribution in [0.1, 0.15) is 21.5 Å². The van der Waals surface area contributed by atoms with Crippen molar-refractivity contribution in [2.75, 3.05) is 30.5 Å². The van der Waals surface area contributed by atoms with Crippen LogP contribution in [0.15, 0.2) is 54.7 Å². The number of rotatable bonds is 5. The monoisotopic (exact) mass is 477 g/mol. The predicted molar refractivity (Wildman–Crippen MR) is 118 cm³/mol. The minimum absolute atomic E-state index is 0.233. The van der Waals surface area contributed by atoms with Crippen LogP contribution in [0.4, 0.5) is 30.4 Å². The van der Waals surface area contributed by atoms with Crippen molar-refractivity contribution in [3.63, 3.8) is 0 Å². The zero-order chi connectivity index (χ0) is 23.6. The molecule has 1 amide bonds. The normalized spacial score (nSPS) is 13.3. The van der Waals surface area contributed by atoms with Crippen molar-refractivity contribution in [1.82, 2.24) is 4.98 Å². The zero-order valence-electron chi connectivity index (χ0n) is 17.4. The van der Waals surface area contributed by atoms with Gasteiger partial charge in [-0.25, -0.2) is 4.98 Å². The highest BCUT2D eigenvalue weighted by molar-refractivity contribution is 6.33. The number of hydrogen-bond donors (Lipinski definition) is 1. The second kappa shape index (κ2) is 9.29. The number of ether oxygens (including phenoxy) is 2. The third kappa shape index (κ3) is 4.89.